The number of amides is 2. The summed E-state index contributed by atoms with van der Waals surface area (Å²) in [4.78, 5) is 44.3. The van der Waals surface area contributed by atoms with E-state index in [2.05, 4.69) is 20.5 Å². The minimum absolute atomic E-state index is 0.0831. The largest absolute Gasteiger partial charge is 0.446 e. The lowest BCUT2D eigenvalue weighted by Gasteiger charge is -2.45. The first-order chi connectivity index (χ1) is 24.8. The Morgan fingerprint density at radius 3 is 2.51 bits per heavy atom. The van der Waals surface area contributed by atoms with Crippen LogP contribution in [-0.2, 0) is 35.5 Å². The molecule has 268 valence electrons. The van der Waals surface area contributed by atoms with Crippen LogP contribution in [0.1, 0.15) is 78.2 Å². The Kier molecular flexibility index (Phi) is 11.3. The molecule has 0 N–H and O–H groups in total. The highest BCUT2D eigenvalue weighted by Gasteiger charge is 2.43. The van der Waals surface area contributed by atoms with Crippen molar-refractivity contribution in [2.75, 3.05) is 26.2 Å². The van der Waals surface area contributed by atoms with Crippen LogP contribution in [0.3, 0.4) is 0 Å². The second kappa shape index (κ2) is 16.2. The number of imidazole rings is 1. The number of halogens is 2. The third kappa shape index (κ3) is 8.43. The molecule has 0 radical (unpaired) electrons. The summed E-state index contributed by atoms with van der Waals surface area (Å²) in [6.07, 6.45) is 12.4. The molecule has 3 aliphatic rings. The van der Waals surface area contributed by atoms with Crippen LogP contribution in [0.2, 0.25) is 10.0 Å². The smallest absolute Gasteiger partial charge is 0.410 e. The Morgan fingerprint density at radius 2 is 1.73 bits per heavy atom. The van der Waals surface area contributed by atoms with Gasteiger partial charge in [0.05, 0.1) is 28.8 Å². The van der Waals surface area contributed by atoms with Crippen molar-refractivity contribution in [3.05, 3.63) is 117 Å². The summed E-state index contributed by atoms with van der Waals surface area (Å²) < 4.78 is 8.19. The lowest BCUT2D eigenvalue weighted by atomic mass is 9.95. The van der Waals surface area contributed by atoms with Gasteiger partial charge >= 0.3 is 6.09 Å². The van der Waals surface area contributed by atoms with E-state index in [-0.39, 0.29) is 18.1 Å². The highest BCUT2D eigenvalue weighted by molar-refractivity contribution is 6.30. The molecule has 1 aliphatic heterocycles. The number of hydrogen-bond donors (Lipinski definition) is 0. The highest BCUT2D eigenvalue weighted by Crippen LogP contribution is 2.39. The molecule has 0 spiro atoms. The minimum atomic E-state index is -0.746. The average molecular weight is 730 g/mol. The van der Waals surface area contributed by atoms with Gasteiger partial charge in [0.1, 0.15) is 12.1 Å². The number of hydrogen-bond acceptors (Lipinski definition) is 6. The van der Waals surface area contributed by atoms with Gasteiger partial charge in [-0.3, -0.25) is 19.6 Å². The van der Waals surface area contributed by atoms with Gasteiger partial charge in [-0.1, -0.05) is 66.0 Å². The maximum atomic E-state index is 15.0. The third-order valence-corrected chi connectivity index (χ3v) is 11.0. The molecule has 0 bridgehead atoms. The molecule has 51 heavy (non-hydrogen) atoms. The van der Waals surface area contributed by atoms with Crippen molar-refractivity contribution in [1.82, 2.24) is 29.2 Å². The summed E-state index contributed by atoms with van der Waals surface area (Å²) in [6, 6.07) is 17.2. The first-order valence-corrected chi connectivity index (χ1v) is 19.0. The monoisotopic (exact) mass is 728 g/mol. The van der Waals surface area contributed by atoms with E-state index >= 15 is 4.79 Å². The van der Waals surface area contributed by atoms with Gasteiger partial charge < -0.3 is 14.2 Å². The van der Waals surface area contributed by atoms with Crippen LogP contribution in [0, 0.1) is 6.92 Å². The Balaban J connectivity index is 1.22. The van der Waals surface area contributed by atoms with Gasteiger partial charge in [-0.15, -0.1) is 0 Å². The van der Waals surface area contributed by atoms with Gasteiger partial charge in [0.2, 0.25) is 5.91 Å². The van der Waals surface area contributed by atoms with Crippen LogP contribution in [0.4, 0.5) is 4.79 Å². The van der Waals surface area contributed by atoms with Crippen LogP contribution in [0.5, 0.6) is 0 Å². The summed E-state index contributed by atoms with van der Waals surface area (Å²) >= 11 is 13.0. The van der Waals surface area contributed by atoms with E-state index in [0.29, 0.717) is 42.8 Å². The highest BCUT2D eigenvalue weighted by atomic mass is 35.5. The molecular weight excluding hydrogens is 683 g/mol. The van der Waals surface area contributed by atoms with E-state index in [9.17, 15) is 4.79 Å². The SMILES string of the molecule is Cc1cn(CCCN(Cc2ccccc2)C(=O)[C@H]2CN(C3c4ccc(Cl)cc4CCc4cc(Cl)cnc43)CCN2C(=O)OC2CCCCC2)cn1. The number of nitrogens with zero attached hydrogens (tertiary/aromatic N) is 6. The van der Waals surface area contributed by atoms with E-state index in [1.807, 2.05) is 72.9 Å². The predicted octanol–water partition coefficient (Wildman–Crippen LogP) is 7.66. The van der Waals surface area contributed by atoms with Gasteiger partial charge in [0.15, 0.2) is 0 Å². The number of rotatable bonds is 9. The van der Waals surface area contributed by atoms with Crippen molar-refractivity contribution in [3.63, 3.8) is 0 Å². The zero-order valence-electron chi connectivity index (χ0n) is 29.2. The van der Waals surface area contributed by atoms with Crippen LogP contribution in [-0.4, -0.2) is 79.6 Å². The molecule has 3 heterocycles. The van der Waals surface area contributed by atoms with Crippen molar-refractivity contribution in [1.29, 1.82) is 0 Å². The van der Waals surface area contributed by atoms with Crippen molar-refractivity contribution >= 4 is 35.2 Å². The van der Waals surface area contributed by atoms with E-state index in [4.69, 9.17) is 32.9 Å². The number of carbonyl (C=O) groups is 2. The predicted molar refractivity (Wildman–Crippen MR) is 199 cm³/mol. The fraction of sp³-hybridized carbons (Fsp3) is 0.450. The normalized spacial score (nSPS) is 19.5. The van der Waals surface area contributed by atoms with Crippen molar-refractivity contribution in [2.24, 2.45) is 0 Å². The standard InChI is InChI=1S/C40H46Cl2N6O3/c1-28-24-45(27-44-28)17-8-18-47(25-29-9-4-2-5-10-29)39(49)36-26-46(19-20-48(36)40(50)51-34-11-6-3-7-12-34)38-35-16-15-32(41)21-30(35)13-14-31-22-33(42)23-43-37(31)38/h2,4-5,9-10,15-16,21-24,27,34,36,38H,3,6-8,11-14,17-20,25-26H2,1H3/t36-,38?/m1/s1. The number of benzene rings is 2. The maximum Gasteiger partial charge on any atom is 0.410 e. The third-order valence-electron chi connectivity index (χ3n) is 10.5. The zero-order chi connectivity index (χ0) is 35.3. The minimum Gasteiger partial charge on any atom is -0.446 e. The molecule has 7 rings (SSSR count). The summed E-state index contributed by atoms with van der Waals surface area (Å²) in [5, 5.41) is 1.29. The Hall–Kier alpha value is -3.92. The summed E-state index contributed by atoms with van der Waals surface area (Å²) in [5.41, 5.74) is 6.29. The molecule has 4 aromatic rings. The molecule has 2 aromatic heterocycles. The van der Waals surface area contributed by atoms with Crippen LogP contribution >= 0.6 is 23.2 Å². The molecule has 2 fully saturated rings. The molecule has 9 nitrogen and oxygen atoms in total. The number of aromatic nitrogens is 3. The van der Waals surface area contributed by atoms with Gasteiger partial charge in [-0.25, -0.2) is 9.78 Å². The lowest BCUT2D eigenvalue weighted by Crippen LogP contribution is -2.62. The number of pyridine rings is 1. The van der Waals surface area contributed by atoms with Gasteiger partial charge in [0, 0.05) is 56.7 Å². The first-order valence-electron chi connectivity index (χ1n) is 18.3. The molecule has 2 atom stereocenters. The van der Waals surface area contributed by atoms with Crippen molar-refractivity contribution < 1.29 is 14.3 Å². The fourth-order valence-electron chi connectivity index (χ4n) is 7.96. The lowest BCUT2D eigenvalue weighted by molar-refractivity contribution is -0.140. The molecule has 1 saturated carbocycles. The van der Waals surface area contributed by atoms with E-state index in [0.717, 1.165) is 91.6 Å². The summed E-state index contributed by atoms with van der Waals surface area (Å²) in [6.45, 7) is 4.92. The fourth-order valence-corrected chi connectivity index (χ4v) is 8.34. The average Bonchev–Trinajstić information content (AvgIpc) is 3.49. The molecular formula is C40H46Cl2N6O3. The van der Waals surface area contributed by atoms with Gasteiger partial charge in [-0.2, -0.15) is 0 Å². The van der Waals surface area contributed by atoms with E-state index in [1.165, 1.54) is 0 Å². The number of piperazine rings is 1. The molecule has 2 aromatic carbocycles. The summed E-state index contributed by atoms with van der Waals surface area (Å²) in [5.74, 6) is -0.0831. The van der Waals surface area contributed by atoms with Crippen LogP contribution in [0.25, 0.3) is 0 Å². The Bertz CT molecular complexity index is 1770. The second-order valence-corrected chi connectivity index (χ2v) is 15.0. The number of ether oxygens (including phenoxy) is 1. The van der Waals surface area contributed by atoms with Crippen molar-refractivity contribution in [2.45, 2.75) is 89.6 Å². The maximum absolute atomic E-state index is 15.0. The molecule has 1 saturated heterocycles. The van der Waals surface area contributed by atoms with E-state index in [1.54, 1.807) is 11.1 Å². The second-order valence-electron chi connectivity index (χ2n) is 14.1. The Morgan fingerprint density at radius 1 is 0.941 bits per heavy atom. The van der Waals surface area contributed by atoms with E-state index < -0.39 is 12.1 Å². The topological polar surface area (TPSA) is 83.8 Å². The Labute approximate surface area is 310 Å². The van der Waals surface area contributed by atoms with Crippen molar-refractivity contribution in [3.8, 4) is 0 Å². The summed E-state index contributed by atoms with van der Waals surface area (Å²) in [7, 11) is 0. The zero-order valence-corrected chi connectivity index (χ0v) is 30.7. The molecule has 11 heteroatoms. The quantitative estimate of drug-likeness (QED) is 0.176. The molecule has 2 amide bonds. The van der Waals surface area contributed by atoms with Gasteiger partial charge in [-0.05, 0) is 92.3 Å². The van der Waals surface area contributed by atoms with Crippen LogP contribution < -0.4 is 0 Å². The number of carbonyl (C=O) groups excluding carboxylic acids is 2. The molecule has 1 unspecified atom stereocenters. The number of aryl methyl sites for hydroxylation is 4. The molecule has 2 aliphatic carbocycles. The first kappa shape index (κ1) is 35.5. The van der Waals surface area contributed by atoms with Gasteiger partial charge in [0.25, 0.3) is 0 Å². The van der Waals surface area contributed by atoms with Crippen LogP contribution in [0.15, 0.2) is 73.3 Å². The number of fused-ring (bicyclic) bond motifs is 2.